The number of likely N-dealkylation sites (N-methyl/N-ethyl adjacent to an activating group) is 1. The lowest BCUT2D eigenvalue weighted by atomic mass is 9.83. The highest BCUT2D eigenvalue weighted by atomic mass is 16.1. The van der Waals surface area contributed by atoms with Gasteiger partial charge in [0.25, 0.3) is 0 Å². The van der Waals surface area contributed by atoms with Crippen molar-refractivity contribution in [3.05, 3.63) is 0 Å². The molecule has 0 amide bonds. The fraction of sp³-hybridized carbons (Fsp3) is 0.923. The third kappa shape index (κ3) is 3.60. The molecule has 0 aromatic rings. The van der Waals surface area contributed by atoms with Crippen molar-refractivity contribution in [3.63, 3.8) is 0 Å². The van der Waals surface area contributed by atoms with E-state index in [1.54, 1.807) is 0 Å². The summed E-state index contributed by atoms with van der Waals surface area (Å²) < 4.78 is 0. The minimum Gasteiger partial charge on any atom is -0.298 e. The average Bonchev–Trinajstić information content (AvgIpc) is 2.17. The van der Waals surface area contributed by atoms with Gasteiger partial charge in [-0.3, -0.25) is 9.69 Å². The van der Waals surface area contributed by atoms with E-state index in [4.69, 9.17) is 0 Å². The molecule has 0 aliphatic heterocycles. The van der Waals surface area contributed by atoms with E-state index in [2.05, 4.69) is 32.6 Å². The van der Waals surface area contributed by atoms with E-state index in [1.165, 1.54) is 0 Å². The Morgan fingerprint density at radius 1 is 1.20 bits per heavy atom. The Morgan fingerprint density at radius 2 is 1.67 bits per heavy atom. The predicted octanol–water partition coefficient (Wildman–Crippen LogP) is 3.11. The molecule has 0 aliphatic rings. The summed E-state index contributed by atoms with van der Waals surface area (Å²) in [7, 11) is 4.03. The van der Waals surface area contributed by atoms with E-state index in [0.29, 0.717) is 11.7 Å². The van der Waals surface area contributed by atoms with Crippen LogP contribution in [0.2, 0.25) is 0 Å². The highest BCUT2D eigenvalue weighted by Crippen LogP contribution is 2.25. The van der Waals surface area contributed by atoms with Crippen molar-refractivity contribution in [3.8, 4) is 0 Å². The Balaban J connectivity index is 4.55. The molecule has 15 heavy (non-hydrogen) atoms. The summed E-state index contributed by atoms with van der Waals surface area (Å²) in [6, 6.07) is 0. The van der Waals surface area contributed by atoms with Gasteiger partial charge in [-0.2, -0.15) is 0 Å². The third-order valence-corrected chi connectivity index (χ3v) is 3.49. The first-order valence-electron chi connectivity index (χ1n) is 6.11. The second-order valence-electron chi connectivity index (χ2n) is 4.99. The SMILES string of the molecule is CCC(CC)(C(=O)CCC(C)C)N(C)C. The predicted molar refractivity (Wildman–Crippen MR) is 66.1 cm³/mol. The van der Waals surface area contributed by atoms with Gasteiger partial charge in [0.2, 0.25) is 0 Å². The summed E-state index contributed by atoms with van der Waals surface area (Å²) in [4.78, 5) is 14.3. The van der Waals surface area contributed by atoms with E-state index in [0.717, 1.165) is 25.7 Å². The first-order valence-corrected chi connectivity index (χ1v) is 6.11. The Labute approximate surface area is 95.0 Å². The summed E-state index contributed by atoms with van der Waals surface area (Å²) in [6.45, 7) is 8.55. The van der Waals surface area contributed by atoms with E-state index >= 15 is 0 Å². The molecule has 0 aromatic carbocycles. The molecule has 0 spiro atoms. The lowest BCUT2D eigenvalue weighted by molar-refractivity contribution is -0.130. The number of carbonyl (C=O) groups excluding carboxylic acids is 1. The van der Waals surface area contributed by atoms with Gasteiger partial charge in [-0.1, -0.05) is 27.7 Å². The molecule has 2 heteroatoms. The van der Waals surface area contributed by atoms with Gasteiger partial charge in [-0.15, -0.1) is 0 Å². The van der Waals surface area contributed by atoms with Gasteiger partial charge >= 0.3 is 0 Å². The van der Waals surface area contributed by atoms with Gasteiger partial charge in [0, 0.05) is 6.42 Å². The minimum absolute atomic E-state index is 0.227. The van der Waals surface area contributed by atoms with Gasteiger partial charge in [0.05, 0.1) is 5.54 Å². The molecule has 0 saturated heterocycles. The molecule has 0 bridgehead atoms. The summed E-state index contributed by atoms with van der Waals surface area (Å²) in [5, 5.41) is 0. The van der Waals surface area contributed by atoms with E-state index in [-0.39, 0.29) is 5.54 Å². The largest absolute Gasteiger partial charge is 0.298 e. The maximum Gasteiger partial charge on any atom is 0.153 e. The zero-order valence-electron chi connectivity index (χ0n) is 11.3. The van der Waals surface area contributed by atoms with Crippen molar-refractivity contribution in [2.75, 3.05) is 14.1 Å². The summed E-state index contributed by atoms with van der Waals surface area (Å²) in [6.07, 6.45) is 3.55. The van der Waals surface area contributed by atoms with Crippen LogP contribution in [0.1, 0.15) is 53.4 Å². The fourth-order valence-electron chi connectivity index (χ4n) is 2.18. The quantitative estimate of drug-likeness (QED) is 0.647. The van der Waals surface area contributed by atoms with Crippen LogP contribution in [0.3, 0.4) is 0 Å². The van der Waals surface area contributed by atoms with Crippen molar-refractivity contribution < 1.29 is 4.79 Å². The highest BCUT2D eigenvalue weighted by molar-refractivity contribution is 5.88. The molecule has 0 aliphatic carbocycles. The van der Waals surface area contributed by atoms with Crippen LogP contribution in [0.5, 0.6) is 0 Å². The number of ketones is 1. The van der Waals surface area contributed by atoms with Crippen LogP contribution < -0.4 is 0 Å². The van der Waals surface area contributed by atoms with Crippen LogP contribution in [-0.2, 0) is 4.79 Å². The van der Waals surface area contributed by atoms with Crippen molar-refractivity contribution in [1.82, 2.24) is 4.90 Å². The van der Waals surface area contributed by atoms with Gasteiger partial charge in [0.15, 0.2) is 5.78 Å². The van der Waals surface area contributed by atoms with Crippen molar-refractivity contribution in [2.24, 2.45) is 5.92 Å². The van der Waals surface area contributed by atoms with Crippen molar-refractivity contribution in [2.45, 2.75) is 58.9 Å². The van der Waals surface area contributed by atoms with Crippen LogP contribution >= 0.6 is 0 Å². The topological polar surface area (TPSA) is 20.3 Å². The lowest BCUT2D eigenvalue weighted by Crippen LogP contribution is -2.50. The monoisotopic (exact) mass is 213 g/mol. The normalized spacial score (nSPS) is 12.5. The van der Waals surface area contributed by atoms with Crippen LogP contribution in [0, 0.1) is 5.92 Å². The summed E-state index contributed by atoms with van der Waals surface area (Å²) in [5.74, 6) is 1.02. The molecule has 0 N–H and O–H groups in total. The minimum atomic E-state index is -0.227. The second-order valence-corrected chi connectivity index (χ2v) is 4.99. The van der Waals surface area contributed by atoms with E-state index in [1.807, 2.05) is 14.1 Å². The smallest absolute Gasteiger partial charge is 0.153 e. The zero-order chi connectivity index (χ0) is 12.1. The fourth-order valence-corrected chi connectivity index (χ4v) is 2.18. The van der Waals surface area contributed by atoms with Crippen LogP contribution in [0.25, 0.3) is 0 Å². The van der Waals surface area contributed by atoms with Gasteiger partial charge in [-0.05, 0) is 39.3 Å². The molecule has 0 fully saturated rings. The molecule has 0 unspecified atom stereocenters. The molecule has 0 aromatic heterocycles. The Kier molecular flexibility index (Phi) is 6.11. The molecule has 0 saturated carbocycles. The molecular weight excluding hydrogens is 186 g/mol. The number of hydrogen-bond acceptors (Lipinski definition) is 2. The second kappa shape index (κ2) is 6.26. The average molecular weight is 213 g/mol. The Morgan fingerprint density at radius 3 is 1.93 bits per heavy atom. The van der Waals surface area contributed by atoms with E-state index in [9.17, 15) is 4.79 Å². The van der Waals surface area contributed by atoms with Crippen LogP contribution in [0.15, 0.2) is 0 Å². The molecule has 0 atom stereocenters. The number of hydrogen-bond donors (Lipinski definition) is 0. The van der Waals surface area contributed by atoms with Gasteiger partial charge < -0.3 is 0 Å². The maximum absolute atomic E-state index is 12.2. The first kappa shape index (κ1) is 14.6. The summed E-state index contributed by atoms with van der Waals surface area (Å²) >= 11 is 0. The third-order valence-electron chi connectivity index (χ3n) is 3.49. The molecule has 90 valence electrons. The lowest BCUT2D eigenvalue weighted by Gasteiger charge is -2.37. The molecule has 0 rings (SSSR count). The standard InChI is InChI=1S/C13H27NO/c1-7-13(8-2,14(5)6)12(15)10-9-11(3)4/h11H,7-10H2,1-6H3. The first-order chi connectivity index (χ1) is 6.90. The molecule has 0 heterocycles. The number of rotatable bonds is 7. The Bertz CT molecular complexity index is 193. The summed E-state index contributed by atoms with van der Waals surface area (Å²) in [5.41, 5.74) is -0.227. The van der Waals surface area contributed by atoms with Crippen molar-refractivity contribution in [1.29, 1.82) is 0 Å². The van der Waals surface area contributed by atoms with Gasteiger partial charge in [0.1, 0.15) is 0 Å². The number of carbonyl (C=O) groups is 1. The van der Waals surface area contributed by atoms with Crippen molar-refractivity contribution >= 4 is 5.78 Å². The van der Waals surface area contributed by atoms with E-state index < -0.39 is 0 Å². The molecule has 2 nitrogen and oxygen atoms in total. The molecular formula is C13H27NO. The highest BCUT2D eigenvalue weighted by Gasteiger charge is 2.35. The van der Waals surface area contributed by atoms with Crippen LogP contribution in [0.4, 0.5) is 0 Å². The Hall–Kier alpha value is -0.370. The maximum atomic E-state index is 12.2. The number of nitrogens with zero attached hydrogens (tertiary/aromatic N) is 1. The van der Waals surface area contributed by atoms with Crippen LogP contribution in [-0.4, -0.2) is 30.3 Å². The zero-order valence-corrected chi connectivity index (χ0v) is 11.3. The van der Waals surface area contributed by atoms with Gasteiger partial charge in [-0.25, -0.2) is 0 Å². The number of Topliss-reactive ketones (excluding diaryl/α,β-unsaturated/α-hetero) is 1. The molecule has 0 radical (unpaired) electrons.